The number of alkyl carbamates (subject to hydrolysis) is 1. The van der Waals surface area contributed by atoms with Crippen molar-refractivity contribution in [2.75, 3.05) is 6.54 Å². The van der Waals surface area contributed by atoms with Crippen LogP contribution in [0.2, 0.25) is 0 Å². The van der Waals surface area contributed by atoms with E-state index in [1.165, 1.54) is 6.26 Å². The summed E-state index contributed by atoms with van der Waals surface area (Å²) in [6.45, 7) is 0.157. The molecule has 0 saturated carbocycles. The predicted molar refractivity (Wildman–Crippen MR) is 96.1 cm³/mol. The first kappa shape index (κ1) is 20.5. The summed E-state index contributed by atoms with van der Waals surface area (Å²) in [5.74, 6) is -2.07. The molecule has 1 aromatic heterocycles. The number of furan rings is 1. The maximum absolute atomic E-state index is 11.6. The minimum atomic E-state index is -1.03. The second-order valence-corrected chi connectivity index (χ2v) is 5.50. The van der Waals surface area contributed by atoms with Gasteiger partial charge in [-0.1, -0.05) is 30.3 Å². The summed E-state index contributed by atoms with van der Waals surface area (Å²) in [5.41, 5.74) is 4.88. The summed E-state index contributed by atoms with van der Waals surface area (Å²) >= 11 is 0. The molecular formula is C18H20N4O6. The van der Waals surface area contributed by atoms with E-state index in [2.05, 4.69) is 16.1 Å². The molecule has 0 radical (unpaired) electrons. The Morgan fingerprint density at radius 2 is 1.68 bits per heavy atom. The summed E-state index contributed by atoms with van der Waals surface area (Å²) in [5, 5.41) is 4.73. The van der Waals surface area contributed by atoms with Crippen molar-refractivity contribution in [1.82, 2.24) is 21.5 Å². The van der Waals surface area contributed by atoms with E-state index in [1.807, 2.05) is 35.8 Å². The van der Waals surface area contributed by atoms with E-state index >= 15 is 0 Å². The quantitative estimate of drug-likeness (QED) is 0.399. The third-order valence-corrected chi connectivity index (χ3v) is 3.36. The molecule has 10 heteroatoms. The Balaban J connectivity index is 1.54. The molecule has 0 aliphatic heterocycles. The first-order chi connectivity index (χ1) is 13.5. The van der Waals surface area contributed by atoms with Gasteiger partial charge in [0.1, 0.15) is 12.4 Å². The van der Waals surface area contributed by atoms with Gasteiger partial charge in [0.05, 0.1) is 12.8 Å². The van der Waals surface area contributed by atoms with Crippen molar-refractivity contribution in [1.29, 1.82) is 0 Å². The van der Waals surface area contributed by atoms with Crippen molar-refractivity contribution in [3.8, 4) is 0 Å². The number of rotatable bonds is 7. The normalized spacial score (nSPS) is 9.86. The first-order valence-corrected chi connectivity index (χ1v) is 8.38. The van der Waals surface area contributed by atoms with Crippen LogP contribution in [0.5, 0.6) is 0 Å². The van der Waals surface area contributed by atoms with Gasteiger partial charge < -0.3 is 19.8 Å². The Kier molecular flexibility index (Phi) is 8.06. The molecule has 0 aliphatic rings. The Morgan fingerprint density at radius 1 is 0.893 bits per heavy atom. The Bertz CT molecular complexity index is 792. The van der Waals surface area contributed by atoms with Crippen LogP contribution in [0.4, 0.5) is 4.79 Å². The lowest BCUT2D eigenvalue weighted by molar-refractivity contribution is -0.141. The topological polar surface area (TPSA) is 139 Å². The molecule has 28 heavy (non-hydrogen) atoms. The summed E-state index contributed by atoms with van der Waals surface area (Å²) in [6, 6.07) is 12.4. The summed E-state index contributed by atoms with van der Waals surface area (Å²) in [4.78, 5) is 46.2. The molecule has 0 aliphatic carbocycles. The van der Waals surface area contributed by atoms with Gasteiger partial charge >= 0.3 is 17.9 Å². The van der Waals surface area contributed by atoms with Crippen molar-refractivity contribution in [3.05, 3.63) is 60.1 Å². The maximum Gasteiger partial charge on any atom is 0.407 e. The van der Waals surface area contributed by atoms with Crippen LogP contribution in [-0.4, -0.2) is 30.4 Å². The van der Waals surface area contributed by atoms with Gasteiger partial charge in [-0.2, -0.15) is 0 Å². The Hall–Kier alpha value is -3.82. The number of carbonyl (C=O) groups excluding carboxylic acids is 4. The highest BCUT2D eigenvalue weighted by molar-refractivity contribution is 6.35. The van der Waals surface area contributed by atoms with Crippen LogP contribution in [0, 0.1) is 0 Å². The fourth-order valence-electron chi connectivity index (χ4n) is 1.96. The van der Waals surface area contributed by atoms with E-state index in [-0.39, 0.29) is 26.1 Å². The second kappa shape index (κ2) is 11.0. The van der Waals surface area contributed by atoms with Crippen LogP contribution in [0.15, 0.2) is 53.1 Å². The molecule has 10 nitrogen and oxygen atoms in total. The molecule has 0 fully saturated rings. The van der Waals surface area contributed by atoms with Crippen LogP contribution in [0.25, 0.3) is 0 Å². The monoisotopic (exact) mass is 388 g/mol. The van der Waals surface area contributed by atoms with Crippen molar-refractivity contribution in [2.45, 2.75) is 19.6 Å². The molecule has 4 N–H and O–H groups in total. The molecule has 0 unspecified atom stereocenters. The number of ether oxygens (including phenoxy) is 1. The Labute approximate surface area is 160 Å². The van der Waals surface area contributed by atoms with Gasteiger partial charge in [-0.15, -0.1) is 0 Å². The molecular weight excluding hydrogens is 368 g/mol. The third-order valence-electron chi connectivity index (χ3n) is 3.36. The highest BCUT2D eigenvalue weighted by Gasteiger charge is 2.14. The van der Waals surface area contributed by atoms with Crippen LogP contribution in [0.1, 0.15) is 17.7 Å². The number of hydrogen-bond acceptors (Lipinski definition) is 6. The fraction of sp³-hybridized carbons (Fsp3) is 0.222. The van der Waals surface area contributed by atoms with Crippen molar-refractivity contribution >= 4 is 23.8 Å². The Morgan fingerprint density at radius 3 is 2.39 bits per heavy atom. The van der Waals surface area contributed by atoms with Crippen molar-refractivity contribution in [3.63, 3.8) is 0 Å². The molecule has 0 saturated heterocycles. The third kappa shape index (κ3) is 7.60. The van der Waals surface area contributed by atoms with Crippen molar-refractivity contribution < 1.29 is 28.3 Å². The number of benzene rings is 1. The number of amides is 4. The molecule has 1 heterocycles. The molecule has 148 valence electrons. The van der Waals surface area contributed by atoms with Gasteiger partial charge in [0.25, 0.3) is 0 Å². The standard InChI is InChI=1S/C18H20N4O6/c23-15(8-9-19-18(26)28-12-13-5-2-1-3-6-13)21-22-17(25)16(24)20-11-14-7-4-10-27-14/h1-7,10H,8-9,11-12H2,(H,19,26)(H,20,24)(H,21,23)(H,22,25). The summed E-state index contributed by atoms with van der Waals surface area (Å²) in [6.07, 6.45) is 0.653. The zero-order valence-electron chi connectivity index (χ0n) is 14.9. The number of nitrogens with one attached hydrogen (secondary N) is 4. The number of hydrogen-bond donors (Lipinski definition) is 4. The highest BCUT2D eigenvalue weighted by atomic mass is 16.5. The SMILES string of the molecule is O=C(CCNC(=O)OCc1ccccc1)NNC(=O)C(=O)NCc1ccco1. The predicted octanol–water partition coefficient (Wildman–Crippen LogP) is 0.360. The lowest BCUT2D eigenvalue weighted by Crippen LogP contribution is -2.48. The zero-order chi connectivity index (χ0) is 20.2. The average Bonchev–Trinajstić information content (AvgIpc) is 3.23. The van der Waals surface area contributed by atoms with E-state index in [9.17, 15) is 19.2 Å². The van der Waals surface area contributed by atoms with E-state index in [0.717, 1.165) is 5.56 Å². The van der Waals surface area contributed by atoms with Crippen LogP contribution in [-0.2, 0) is 32.3 Å². The molecule has 2 rings (SSSR count). The summed E-state index contributed by atoms with van der Waals surface area (Å²) in [7, 11) is 0. The largest absolute Gasteiger partial charge is 0.467 e. The van der Waals surface area contributed by atoms with Crippen LogP contribution in [0.3, 0.4) is 0 Å². The lowest BCUT2D eigenvalue weighted by atomic mass is 10.2. The van der Waals surface area contributed by atoms with Gasteiger partial charge in [-0.25, -0.2) is 4.79 Å². The minimum Gasteiger partial charge on any atom is -0.467 e. The fourth-order valence-corrected chi connectivity index (χ4v) is 1.96. The maximum atomic E-state index is 11.6. The van der Waals surface area contributed by atoms with E-state index in [4.69, 9.17) is 9.15 Å². The zero-order valence-corrected chi connectivity index (χ0v) is 14.9. The van der Waals surface area contributed by atoms with Gasteiger partial charge in [0, 0.05) is 13.0 Å². The highest BCUT2D eigenvalue weighted by Crippen LogP contribution is 2.00. The minimum absolute atomic E-state index is 0.0000167. The first-order valence-electron chi connectivity index (χ1n) is 8.38. The molecule has 0 atom stereocenters. The second-order valence-electron chi connectivity index (χ2n) is 5.50. The lowest BCUT2D eigenvalue weighted by Gasteiger charge is -2.09. The van der Waals surface area contributed by atoms with Crippen LogP contribution >= 0.6 is 0 Å². The molecule has 1 aromatic carbocycles. The molecule has 0 bridgehead atoms. The van der Waals surface area contributed by atoms with Gasteiger partial charge in [-0.05, 0) is 17.7 Å². The molecule has 2 aromatic rings. The number of hydrazine groups is 1. The van der Waals surface area contributed by atoms with Gasteiger partial charge in [-0.3, -0.25) is 25.2 Å². The van der Waals surface area contributed by atoms with E-state index < -0.39 is 23.8 Å². The van der Waals surface area contributed by atoms with E-state index in [0.29, 0.717) is 5.76 Å². The molecule has 4 amide bonds. The van der Waals surface area contributed by atoms with Crippen molar-refractivity contribution in [2.24, 2.45) is 0 Å². The van der Waals surface area contributed by atoms with Gasteiger partial charge in [0.15, 0.2) is 0 Å². The van der Waals surface area contributed by atoms with Crippen LogP contribution < -0.4 is 21.5 Å². The average molecular weight is 388 g/mol. The molecule has 0 spiro atoms. The summed E-state index contributed by atoms with van der Waals surface area (Å²) < 4.78 is 9.99. The smallest absolute Gasteiger partial charge is 0.407 e. The van der Waals surface area contributed by atoms with E-state index in [1.54, 1.807) is 12.1 Å². The number of carbonyl (C=O) groups is 4. The van der Waals surface area contributed by atoms with Gasteiger partial charge in [0.2, 0.25) is 5.91 Å².